The minimum absolute atomic E-state index is 0.0867. The summed E-state index contributed by atoms with van der Waals surface area (Å²) in [6.45, 7) is 0.0867. The van der Waals surface area contributed by atoms with Crippen molar-refractivity contribution in [2.75, 3.05) is 11.1 Å². The van der Waals surface area contributed by atoms with Crippen molar-refractivity contribution in [1.29, 1.82) is 0 Å². The van der Waals surface area contributed by atoms with Gasteiger partial charge in [-0.15, -0.1) is 0 Å². The molecule has 3 N–H and O–H groups in total. The second kappa shape index (κ2) is 7.95. The lowest BCUT2D eigenvalue weighted by Gasteiger charge is -2.08. The van der Waals surface area contributed by atoms with Crippen molar-refractivity contribution in [2.24, 2.45) is 0 Å². The van der Waals surface area contributed by atoms with Crippen molar-refractivity contribution in [1.82, 2.24) is 14.5 Å². The highest BCUT2D eigenvalue weighted by molar-refractivity contribution is 6.35. The molecular weight excluding hydrogens is 397 g/mol. The van der Waals surface area contributed by atoms with Gasteiger partial charge in [0.1, 0.15) is 17.5 Å². The van der Waals surface area contributed by atoms with Gasteiger partial charge in [-0.1, -0.05) is 40.9 Å². The number of rotatable bonds is 5. The third-order valence-electron chi connectivity index (χ3n) is 3.56. The lowest BCUT2D eigenvalue weighted by atomic mass is 10.1. The van der Waals surface area contributed by atoms with E-state index in [2.05, 4.69) is 15.3 Å². The van der Waals surface area contributed by atoms with E-state index in [-0.39, 0.29) is 23.4 Å². The molecule has 26 heavy (non-hydrogen) atoms. The standard InChI is InChI=1S/C17H14Cl3N5O/c18-11-2-1-10(13(19)6-11)5-12-7-25(9-22-12)8-16(26)23-14-3-4-15(20)24-17(14)21/h1-4,6-7,9H,5,8H2,(H2,21,24)(H,23,26). The summed E-state index contributed by atoms with van der Waals surface area (Å²) in [6.07, 6.45) is 3.91. The Morgan fingerprint density at radius 1 is 1.19 bits per heavy atom. The van der Waals surface area contributed by atoms with Crippen LogP contribution >= 0.6 is 34.8 Å². The summed E-state index contributed by atoms with van der Waals surface area (Å²) in [7, 11) is 0. The number of hydrogen-bond acceptors (Lipinski definition) is 4. The average molecular weight is 411 g/mol. The number of nitrogens with one attached hydrogen (secondary N) is 1. The smallest absolute Gasteiger partial charge is 0.244 e. The van der Waals surface area contributed by atoms with Crippen LogP contribution in [-0.4, -0.2) is 20.4 Å². The third kappa shape index (κ3) is 4.66. The summed E-state index contributed by atoms with van der Waals surface area (Å²) in [5.74, 6) is -0.0937. The molecule has 1 aromatic carbocycles. The van der Waals surface area contributed by atoms with E-state index < -0.39 is 0 Å². The summed E-state index contributed by atoms with van der Waals surface area (Å²) in [5.41, 5.74) is 7.83. The molecule has 2 heterocycles. The van der Waals surface area contributed by atoms with Gasteiger partial charge in [-0.3, -0.25) is 4.79 Å². The predicted octanol–water partition coefficient (Wildman–Crippen LogP) is 4.05. The van der Waals surface area contributed by atoms with Crippen molar-refractivity contribution >= 4 is 52.2 Å². The molecule has 0 spiro atoms. The number of imidazole rings is 1. The second-order valence-electron chi connectivity index (χ2n) is 5.56. The number of carbonyl (C=O) groups is 1. The fourth-order valence-electron chi connectivity index (χ4n) is 2.36. The highest BCUT2D eigenvalue weighted by Gasteiger charge is 2.10. The van der Waals surface area contributed by atoms with Crippen LogP contribution in [0.2, 0.25) is 15.2 Å². The fraction of sp³-hybridized carbons (Fsp3) is 0.118. The molecule has 3 rings (SSSR count). The van der Waals surface area contributed by atoms with Crippen LogP contribution in [0.5, 0.6) is 0 Å². The number of hydrogen-bond donors (Lipinski definition) is 2. The van der Waals surface area contributed by atoms with Crippen LogP contribution in [0.25, 0.3) is 0 Å². The fourth-order valence-corrected chi connectivity index (χ4v) is 2.98. The lowest BCUT2D eigenvalue weighted by molar-refractivity contribution is -0.116. The number of nitrogens with zero attached hydrogens (tertiary/aromatic N) is 3. The molecule has 0 bridgehead atoms. The van der Waals surface area contributed by atoms with Gasteiger partial charge in [0.15, 0.2) is 0 Å². The van der Waals surface area contributed by atoms with Gasteiger partial charge in [0.2, 0.25) is 5.91 Å². The summed E-state index contributed by atoms with van der Waals surface area (Å²) in [6, 6.07) is 8.47. The molecule has 2 aromatic heterocycles. The Labute approximate surface area is 164 Å². The largest absolute Gasteiger partial charge is 0.382 e. The first-order valence-corrected chi connectivity index (χ1v) is 8.70. The zero-order chi connectivity index (χ0) is 18.7. The Kier molecular flexibility index (Phi) is 5.66. The quantitative estimate of drug-likeness (QED) is 0.621. The summed E-state index contributed by atoms with van der Waals surface area (Å²) < 4.78 is 1.67. The Morgan fingerprint density at radius 2 is 2.00 bits per heavy atom. The van der Waals surface area contributed by atoms with Crippen LogP contribution in [0.4, 0.5) is 11.5 Å². The topological polar surface area (TPSA) is 85.8 Å². The molecule has 134 valence electrons. The molecule has 0 fully saturated rings. The molecule has 0 aliphatic heterocycles. The first kappa shape index (κ1) is 18.5. The van der Waals surface area contributed by atoms with E-state index in [1.54, 1.807) is 41.4 Å². The van der Waals surface area contributed by atoms with Crippen LogP contribution in [0.1, 0.15) is 11.3 Å². The molecule has 0 unspecified atom stereocenters. The van der Waals surface area contributed by atoms with Gasteiger partial charge >= 0.3 is 0 Å². The Hall–Kier alpha value is -2.28. The van der Waals surface area contributed by atoms with E-state index in [0.29, 0.717) is 22.2 Å². The molecule has 0 atom stereocenters. The maximum atomic E-state index is 12.2. The lowest BCUT2D eigenvalue weighted by Crippen LogP contribution is -2.19. The maximum absolute atomic E-state index is 12.2. The Balaban J connectivity index is 1.63. The highest BCUT2D eigenvalue weighted by Crippen LogP contribution is 2.23. The molecule has 1 amide bonds. The number of nitrogens with two attached hydrogens (primary N) is 1. The molecule has 0 aliphatic rings. The van der Waals surface area contributed by atoms with Gasteiger partial charge in [0, 0.05) is 22.7 Å². The number of aromatic nitrogens is 3. The van der Waals surface area contributed by atoms with Gasteiger partial charge in [-0.2, -0.15) is 0 Å². The van der Waals surface area contributed by atoms with Crippen molar-refractivity contribution in [2.45, 2.75) is 13.0 Å². The molecular formula is C17H14Cl3N5O. The normalized spacial score (nSPS) is 10.7. The Bertz CT molecular complexity index is 957. The molecule has 0 saturated carbocycles. The van der Waals surface area contributed by atoms with Gasteiger partial charge < -0.3 is 15.6 Å². The van der Waals surface area contributed by atoms with E-state index in [4.69, 9.17) is 40.5 Å². The van der Waals surface area contributed by atoms with E-state index >= 15 is 0 Å². The highest BCUT2D eigenvalue weighted by atomic mass is 35.5. The molecule has 3 aromatic rings. The number of halogens is 3. The summed E-state index contributed by atoms with van der Waals surface area (Å²) in [4.78, 5) is 20.4. The van der Waals surface area contributed by atoms with E-state index in [1.165, 1.54) is 0 Å². The summed E-state index contributed by atoms with van der Waals surface area (Å²) >= 11 is 17.8. The van der Waals surface area contributed by atoms with Crippen molar-refractivity contribution in [3.63, 3.8) is 0 Å². The SMILES string of the molecule is Nc1nc(Cl)ccc1NC(=O)Cn1cnc(Cc2ccc(Cl)cc2Cl)c1. The first-order valence-electron chi connectivity index (χ1n) is 7.57. The van der Waals surface area contributed by atoms with Crippen molar-refractivity contribution in [3.8, 4) is 0 Å². The minimum atomic E-state index is -0.255. The second-order valence-corrected chi connectivity index (χ2v) is 6.80. The average Bonchev–Trinajstić information content (AvgIpc) is 3.00. The van der Waals surface area contributed by atoms with E-state index in [9.17, 15) is 4.79 Å². The number of pyridine rings is 1. The first-order chi connectivity index (χ1) is 12.4. The van der Waals surface area contributed by atoms with Crippen LogP contribution in [0.3, 0.4) is 0 Å². The Morgan fingerprint density at radius 3 is 2.73 bits per heavy atom. The molecule has 0 aliphatic carbocycles. The zero-order valence-electron chi connectivity index (χ0n) is 13.4. The van der Waals surface area contributed by atoms with Crippen molar-refractivity contribution in [3.05, 3.63) is 69.3 Å². The van der Waals surface area contributed by atoms with Gasteiger partial charge in [0.25, 0.3) is 0 Å². The van der Waals surface area contributed by atoms with E-state index in [0.717, 1.165) is 11.3 Å². The van der Waals surface area contributed by atoms with Gasteiger partial charge in [-0.25, -0.2) is 9.97 Å². The number of nitrogen functional groups attached to an aromatic ring is 1. The number of amides is 1. The van der Waals surface area contributed by atoms with Crippen LogP contribution in [0, 0.1) is 0 Å². The number of benzene rings is 1. The van der Waals surface area contributed by atoms with Crippen molar-refractivity contribution < 1.29 is 4.79 Å². The van der Waals surface area contributed by atoms with Crippen LogP contribution < -0.4 is 11.1 Å². The maximum Gasteiger partial charge on any atom is 0.244 e. The monoisotopic (exact) mass is 409 g/mol. The molecule has 9 heteroatoms. The van der Waals surface area contributed by atoms with Gasteiger partial charge in [0.05, 0.1) is 17.7 Å². The predicted molar refractivity (Wildman–Crippen MR) is 104 cm³/mol. The number of anilines is 2. The van der Waals surface area contributed by atoms with Crippen LogP contribution in [0.15, 0.2) is 42.9 Å². The number of carbonyl (C=O) groups excluding carboxylic acids is 1. The molecule has 0 saturated heterocycles. The zero-order valence-corrected chi connectivity index (χ0v) is 15.7. The minimum Gasteiger partial charge on any atom is -0.382 e. The third-order valence-corrected chi connectivity index (χ3v) is 4.36. The summed E-state index contributed by atoms with van der Waals surface area (Å²) in [5, 5.41) is 4.11. The molecule has 0 radical (unpaired) electrons. The van der Waals surface area contributed by atoms with Crippen LogP contribution in [-0.2, 0) is 17.8 Å². The van der Waals surface area contributed by atoms with Gasteiger partial charge in [-0.05, 0) is 29.8 Å². The van der Waals surface area contributed by atoms with E-state index in [1.807, 2.05) is 6.07 Å². The molecule has 6 nitrogen and oxygen atoms in total.